The highest BCUT2D eigenvalue weighted by Gasteiger charge is 2.24. The highest BCUT2D eigenvalue weighted by atomic mass is 32.1. The summed E-state index contributed by atoms with van der Waals surface area (Å²) in [5.41, 5.74) is 0.718. The van der Waals surface area contributed by atoms with Crippen molar-refractivity contribution < 1.29 is 9.59 Å². The van der Waals surface area contributed by atoms with Crippen molar-refractivity contribution in [2.24, 2.45) is 0 Å². The van der Waals surface area contributed by atoms with Gasteiger partial charge >= 0.3 is 0 Å². The van der Waals surface area contributed by atoms with Gasteiger partial charge in [-0.1, -0.05) is 6.07 Å². The van der Waals surface area contributed by atoms with Gasteiger partial charge < -0.3 is 5.32 Å². The summed E-state index contributed by atoms with van der Waals surface area (Å²) < 4.78 is 0. The molecular weight excluding hydrogens is 318 g/mol. The van der Waals surface area contributed by atoms with Gasteiger partial charge in [0.05, 0.1) is 18.2 Å². The number of thiazole rings is 1. The first kappa shape index (κ1) is 15.2. The molecular formula is C15H17N3O2S2. The van der Waals surface area contributed by atoms with Crippen LogP contribution in [-0.4, -0.2) is 23.3 Å². The zero-order chi connectivity index (χ0) is 15.5. The first-order chi connectivity index (χ1) is 10.6. The first-order valence-corrected chi connectivity index (χ1v) is 8.97. The lowest BCUT2D eigenvalue weighted by Crippen LogP contribution is -2.28. The molecule has 7 heteroatoms. The molecule has 0 radical (unpaired) electrons. The summed E-state index contributed by atoms with van der Waals surface area (Å²) in [4.78, 5) is 31.0. The zero-order valence-electron chi connectivity index (χ0n) is 12.2. The van der Waals surface area contributed by atoms with E-state index in [-0.39, 0.29) is 24.3 Å². The van der Waals surface area contributed by atoms with E-state index in [1.165, 1.54) is 11.3 Å². The maximum Gasteiger partial charge on any atom is 0.228 e. The van der Waals surface area contributed by atoms with E-state index >= 15 is 0 Å². The molecule has 1 atom stereocenters. The van der Waals surface area contributed by atoms with Crippen molar-refractivity contribution in [2.45, 2.75) is 32.2 Å². The number of thiophene rings is 1. The number of nitrogens with one attached hydrogen (secondary N) is 1. The number of amides is 2. The van der Waals surface area contributed by atoms with Crippen molar-refractivity contribution in [3.05, 3.63) is 33.5 Å². The molecule has 0 bridgehead atoms. The van der Waals surface area contributed by atoms with Crippen molar-refractivity contribution in [2.75, 3.05) is 11.4 Å². The monoisotopic (exact) mass is 335 g/mol. The van der Waals surface area contributed by atoms with Gasteiger partial charge in [0.25, 0.3) is 0 Å². The topological polar surface area (TPSA) is 62.3 Å². The molecule has 1 aliphatic heterocycles. The molecule has 1 saturated heterocycles. The molecule has 3 heterocycles. The maximum absolute atomic E-state index is 12.1. The summed E-state index contributed by atoms with van der Waals surface area (Å²) in [6.07, 6.45) is 1.72. The minimum Gasteiger partial charge on any atom is -0.348 e. The summed E-state index contributed by atoms with van der Waals surface area (Å²) >= 11 is 3.05. The van der Waals surface area contributed by atoms with Gasteiger partial charge in [-0.05, 0) is 24.8 Å². The van der Waals surface area contributed by atoms with Crippen LogP contribution in [-0.2, 0) is 16.0 Å². The standard InChI is InChI=1S/C15H17N3O2S2/c1-10(12-4-3-7-21-12)16-13(19)8-11-9-22-15(17-11)18-6-2-5-14(18)20/h3-4,7,9-10H,2,5-6,8H2,1H3,(H,16,19). The second-order valence-corrected chi connectivity index (χ2v) is 7.07. The van der Waals surface area contributed by atoms with Crippen LogP contribution in [0, 0.1) is 0 Å². The minimum absolute atomic E-state index is 0.00534. The van der Waals surface area contributed by atoms with E-state index < -0.39 is 0 Å². The van der Waals surface area contributed by atoms with E-state index in [4.69, 9.17) is 0 Å². The highest BCUT2D eigenvalue weighted by Crippen LogP contribution is 2.25. The summed E-state index contributed by atoms with van der Waals surface area (Å²) in [5.74, 6) is 0.0715. The van der Waals surface area contributed by atoms with E-state index in [2.05, 4.69) is 10.3 Å². The second kappa shape index (κ2) is 6.58. The number of rotatable bonds is 5. The van der Waals surface area contributed by atoms with Gasteiger partial charge in [-0.15, -0.1) is 22.7 Å². The van der Waals surface area contributed by atoms with Crippen LogP contribution in [0.1, 0.15) is 36.4 Å². The third-order valence-electron chi connectivity index (χ3n) is 3.53. The number of nitrogens with zero attached hydrogens (tertiary/aromatic N) is 2. The SMILES string of the molecule is CC(NC(=O)Cc1csc(N2CCCC2=O)n1)c1cccs1. The third kappa shape index (κ3) is 3.36. The Balaban J connectivity index is 1.58. The van der Waals surface area contributed by atoms with Crippen LogP contribution in [0.5, 0.6) is 0 Å². The van der Waals surface area contributed by atoms with Gasteiger partial charge in [-0.2, -0.15) is 0 Å². The summed E-state index contributed by atoms with van der Waals surface area (Å²) in [6, 6.07) is 3.99. The molecule has 1 unspecified atom stereocenters. The molecule has 116 valence electrons. The Labute approximate surface area is 137 Å². The molecule has 3 rings (SSSR count). The largest absolute Gasteiger partial charge is 0.348 e. The van der Waals surface area contributed by atoms with Crippen molar-refractivity contribution >= 4 is 39.6 Å². The lowest BCUT2D eigenvalue weighted by Gasteiger charge is -2.12. The summed E-state index contributed by atoms with van der Waals surface area (Å²) in [6.45, 7) is 2.70. The van der Waals surface area contributed by atoms with Crippen LogP contribution < -0.4 is 10.2 Å². The molecule has 1 N–H and O–H groups in total. The number of carbonyl (C=O) groups excluding carboxylic acids is 2. The van der Waals surface area contributed by atoms with Gasteiger partial charge in [0.2, 0.25) is 11.8 Å². The molecule has 0 aliphatic carbocycles. The third-order valence-corrected chi connectivity index (χ3v) is 5.50. The Kier molecular flexibility index (Phi) is 4.54. The molecule has 0 saturated carbocycles. The fourth-order valence-corrected chi connectivity index (χ4v) is 4.02. The van der Waals surface area contributed by atoms with Crippen LogP contribution in [0.4, 0.5) is 5.13 Å². The predicted molar refractivity (Wildman–Crippen MR) is 88.3 cm³/mol. The van der Waals surface area contributed by atoms with Crippen molar-refractivity contribution in [1.29, 1.82) is 0 Å². The Morgan fingerprint density at radius 3 is 3.05 bits per heavy atom. The summed E-state index contributed by atoms with van der Waals surface area (Å²) in [5, 5.41) is 7.53. The molecule has 2 aromatic rings. The fraction of sp³-hybridized carbons (Fsp3) is 0.400. The zero-order valence-corrected chi connectivity index (χ0v) is 13.9. The number of aromatic nitrogens is 1. The number of carbonyl (C=O) groups is 2. The molecule has 22 heavy (non-hydrogen) atoms. The van der Waals surface area contributed by atoms with Crippen molar-refractivity contribution in [3.8, 4) is 0 Å². The molecule has 1 fully saturated rings. The Morgan fingerprint density at radius 2 is 2.36 bits per heavy atom. The van der Waals surface area contributed by atoms with E-state index in [1.807, 2.05) is 29.8 Å². The Bertz CT molecular complexity index is 666. The van der Waals surface area contributed by atoms with Crippen LogP contribution in [0.15, 0.2) is 22.9 Å². The molecule has 2 amide bonds. The highest BCUT2D eigenvalue weighted by molar-refractivity contribution is 7.14. The maximum atomic E-state index is 12.1. The number of hydrogen-bond donors (Lipinski definition) is 1. The molecule has 5 nitrogen and oxygen atoms in total. The van der Waals surface area contributed by atoms with Gasteiger partial charge in [-0.25, -0.2) is 4.98 Å². The molecule has 1 aliphatic rings. The Hall–Kier alpha value is -1.73. The molecule has 2 aromatic heterocycles. The van der Waals surface area contributed by atoms with Crippen LogP contribution in [0.3, 0.4) is 0 Å². The van der Waals surface area contributed by atoms with Gasteiger partial charge in [-0.3, -0.25) is 14.5 Å². The lowest BCUT2D eigenvalue weighted by molar-refractivity contribution is -0.121. The van der Waals surface area contributed by atoms with E-state index in [1.54, 1.807) is 16.2 Å². The van der Waals surface area contributed by atoms with Crippen LogP contribution in [0.2, 0.25) is 0 Å². The normalized spacial score (nSPS) is 16.0. The van der Waals surface area contributed by atoms with Crippen molar-refractivity contribution in [3.63, 3.8) is 0 Å². The fourth-order valence-electron chi connectivity index (χ4n) is 2.42. The summed E-state index contributed by atoms with van der Waals surface area (Å²) in [7, 11) is 0. The van der Waals surface area contributed by atoms with Gasteiger partial charge in [0.1, 0.15) is 0 Å². The molecule has 0 spiro atoms. The average Bonchev–Trinajstić information content (AvgIpc) is 3.18. The van der Waals surface area contributed by atoms with Crippen LogP contribution in [0.25, 0.3) is 0 Å². The smallest absolute Gasteiger partial charge is 0.228 e. The number of hydrogen-bond acceptors (Lipinski definition) is 5. The lowest BCUT2D eigenvalue weighted by atomic mass is 10.2. The Morgan fingerprint density at radius 1 is 1.50 bits per heavy atom. The van der Waals surface area contributed by atoms with Crippen LogP contribution >= 0.6 is 22.7 Å². The van der Waals surface area contributed by atoms with E-state index in [9.17, 15) is 9.59 Å². The first-order valence-electron chi connectivity index (χ1n) is 7.21. The predicted octanol–water partition coefficient (Wildman–Crippen LogP) is 2.75. The number of anilines is 1. The molecule has 0 aromatic carbocycles. The van der Waals surface area contributed by atoms with E-state index in [0.29, 0.717) is 11.6 Å². The van der Waals surface area contributed by atoms with E-state index in [0.717, 1.165) is 23.5 Å². The van der Waals surface area contributed by atoms with Gasteiger partial charge in [0, 0.05) is 23.2 Å². The van der Waals surface area contributed by atoms with Crippen molar-refractivity contribution in [1.82, 2.24) is 10.3 Å². The quantitative estimate of drug-likeness (QED) is 0.914. The average molecular weight is 335 g/mol. The minimum atomic E-state index is -0.0505. The second-order valence-electron chi connectivity index (χ2n) is 5.25. The van der Waals surface area contributed by atoms with Gasteiger partial charge in [0.15, 0.2) is 5.13 Å².